The van der Waals surface area contributed by atoms with E-state index in [0.29, 0.717) is 17.8 Å². The van der Waals surface area contributed by atoms with Gasteiger partial charge < -0.3 is 9.64 Å². The molecule has 0 saturated heterocycles. The lowest BCUT2D eigenvalue weighted by molar-refractivity contribution is -0.139. The van der Waals surface area contributed by atoms with Gasteiger partial charge in [-0.15, -0.1) is 0 Å². The molecule has 0 atom stereocenters. The summed E-state index contributed by atoms with van der Waals surface area (Å²) in [5, 5.41) is 0. The van der Waals surface area contributed by atoms with Crippen LogP contribution in [-0.4, -0.2) is 37.0 Å². The lowest BCUT2D eigenvalue weighted by Crippen LogP contribution is -2.27. The fraction of sp³-hybridized carbons (Fsp3) is 0.647. The van der Waals surface area contributed by atoms with Gasteiger partial charge in [0.25, 0.3) is 0 Å². The van der Waals surface area contributed by atoms with Crippen molar-refractivity contribution < 1.29 is 14.3 Å². The van der Waals surface area contributed by atoms with E-state index < -0.39 is 0 Å². The standard InChI is InChI=1S/C17H29NO3/c1-14(2)16(19)18(5)12-10-8-6-7-9-11-13-21-17(20)15(3)4/h1,3,6-13H2,2,4-5H3. The van der Waals surface area contributed by atoms with Gasteiger partial charge in [-0.25, -0.2) is 4.79 Å². The maximum atomic E-state index is 11.6. The second-order valence-electron chi connectivity index (χ2n) is 5.54. The van der Waals surface area contributed by atoms with Crippen LogP contribution in [0.2, 0.25) is 0 Å². The van der Waals surface area contributed by atoms with Crippen LogP contribution in [0, 0.1) is 0 Å². The molecule has 0 bridgehead atoms. The third-order valence-electron chi connectivity index (χ3n) is 3.18. The Morgan fingerprint density at radius 3 is 1.95 bits per heavy atom. The predicted molar refractivity (Wildman–Crippen MR) is 85.9 cm³/mol. The molecule has 0 fully saturated rings. The number of rotatable bonds is 11. The molecule has 0 N–H and O–H groups in total. The summed E-state index contributed by atoms with van der Waals surface area (Å²) in [6, 6.07) is 0. The SMILES string of the molecule is C=C(C)C(=O)OCCCCCCCCN(C)C(=O)C(=C)C. The van der Waals surface area contributed by atoms with Crippen molar-refractivity contribution in [1.82, 2.24) is 4.90 Å². The van der Waals surface area contributed by atoms with Gasteiger partial charge in [-0.1, -0.05) is 38.8 Å². The first-order chi connectivity index (χ1) is 9.86. The summed E-state index contributed by atoms with van der Waals surface area (Å²) in [7, 11) is 1.81. The lowest BCUT2D eigenvalue weighted by atomic mass is 10.1. The van der Waals surface area contributed by atoms with Gasteiger partial charge in [-0.2, -0.15) is 0 Å². The topological polar surface area (TPSA) is 46.6 Å². The molecule has 0 aromatic rings. The van der Waals surface area contributed by atoms with E-state index in [1.807, 2.05) is 7.05 Å². The lowest BCUT2D eigenvalue weighted by Gasteiger charge is -2.16. The Morgan fingerprint density at radius 2 is 1.43 bits per heavy atom. The average Bonchev–Trinajstić information content (AvgIpc) is 2.43. The Balaban J connectivity index is 3.41. The summed E-state index contributed by atoms with van der Waals surface area (Å²) in [4.78, 5) is 24.4. The average molecular weight is 295 g/mol. The number of esters is 1. The number of hydrogen-bond acceptors (Lipinski definition) is 3. The predicted octanol–water partition coefficient (Wildman–Crippen LogP) is 3.48. The van der Waals surface area contributed by atoms with Crippen LogP contribution < -0.4 is 0 Å². The first-order valence-electron chi connectivity index (χ1n) is 7.60. The quantitative estimate of drug-likeness (QED) is 0.333. The number of nitrogens with zero attached hydrogens (tertiary/aromatic N) is 1. The molecule has 1 amide bonds. The highest BCUT2D eigenvalue weighted by Gasteiger charge is 2.07. The molecule has 0 aliphatic heterocycles. The minimum Gasteiger partial charge on any atom is -0.462 e. The Kier molecular flexibility index (Phi) is 10.3. The van der Waals surface area contributed by atoms with Crippen molar-refractivity contribution in [2.45, 2.75) is 52.4 Å². The van der Waals surface area contributed by atoms with Crippen LogP contribution in [0.4, 0.5) is 0 Å². The third kappa shape index (κ3) is 9.88. The summed E-state index contributed by atoms with van der Waals surface area (Å²) in [6.45, 7) is 11.8. The van der Waals surface area contributed by atoms with Crippen LogP contribution in [-0.2, 0) is 14.3 Å². The number of amides is 1. The van der Waals surface area contributed by atoms with E-state index in [4.69, 9.17) is 4.74 Å². The van der Waals surface area contributed by atoms with Crippen LogP contribution in [0.1, 0.15) is 52.4 Å². The van der Waals surface area contributed by atoms with Gasteiger partial charge in [0, 0.05) is 24.7 Å². The Bertz CT molecular complexity index is 374. The number of likely N-dealkylation sites (N-methyl/N-ethyl adjacent to an activating group) is 1. The van der Waals surface area contributed by atoms with Crippen molar-refractivity contribution >= 4 is 11.9 Å². The molecule has 4 nitrogen and oxygen atoms in total. The monoisotopic (exact) mass is 295 g/mol. The number of carbonyl (C=O) groups is 2. The van der Waals surface area contributed by atoms with Crippen LogP contribution in [0.5, 0.6) is 0 Å². The van der Waals surface area contributed by atoms with E-state index in [1.54, 1.807) is 18.7 Å². The third-order valence-corrected chi connectivity index (χ3v) is 3.18. The van der Waals surface area contributed by atoms with Crippen LogP contribution in [0.25, 0.3) is 0 Å². The van der Waals surface area contributed by atoms with E-state index in [1.165, 1.54) is 0 Å². The largest absolute Gasteiger partial charge is 0.462 e. The van der Waals surface area contributed by atoms with Crippen LogP contribution >= 0.6 is 0 Å². The molecule has 0 aliphatic rings. The maximum Gasteiger partial charge on any atom is 0.333 e. The normalized spacial score (nSPS) is 10.0. The fourth-order valence-electron chi connectivity index (χ4n) is 1.87. The highest BCUT2D eigenvalue weighted by atomic mass is 16.5. The molecule has 0 aromatic heterocycles. The zero-order valence-electron chi connectivity index (χ0n) is 13.7. The second kappa shape index (κ2) is 11.1. The molecule has 21 heavy (non-hydrogen) atoms. The summed E-state index contributed by atoms with van der Waals surface area (Å²) in [5.74, 6) is -0.283. The number of hydrogen-bond donors (Lipinski definition) is 0. The fourth-order valence-corrected chi connectivity index (χ4v) is 1.87. The van der Waals surface area contributed by atoms with E-state index in [2.05, 4.69) is 13.2 Å². The van der Waals surface area contributed by atoms with Crippen molar-refractivity contribution in [3.05, 3.63) is 24.3 Å². The van der Waals surface area contributed by atoms with E-state index in [-0.39, 0.29) is 11.9 Å². The van der Waals surface area contributed by atoms with Gasteiger partial charge in [0.1, 0.15) is 0 Å². The zero-order chi connectivity index (χ0) is 16.3. The second-order valence-corrected chi connectivity index (χ2v) is 5.54. The van der Waals surface area contributed by atoms with Crippen molar-refractivity contribution in [3.63, 3.8) is 0 Å². The van der Waals surface area contributed by atoms with Gasteiger partial charge in [-0.3, -0.25) is 4.79 Å². The van der Waals surface area contributed by atoms with Crippen molar-refractivity contribution in [3.8, 4) is 0 Å². The van der Waals surface area contributed by atoms with Gasteiger partial charge in [0.05, 0.1) is 6.61 Å². The van der Waals surface area contributed by atoms with E-state index in [9.17, 15) is 9.59 Å². The van der Waals surface area contributed by atoms with Gasteiger partial charge in [0.15, 0.2) is 0 Å². The number of carbonyl (C=O) groups excluding carboxylic acids is 2. The molecule has 120 valence electrons. The van der Waals surface area contributed by atoms with Gasteiger partial charge in [0.2, 0.25) is 5.91 Å². The van der Waals surface area contributed by atoms with Gasteiger partial charge >= 0.3 is 5.97 Å². The molecule has 0 aliphatic carbocycles. The highest BCUT2D eigenvalue weighted by molar-refractivity contribution is 5.91. The van der Waals surface area contributed by atoms with Crippen molar-refractivity contribution in [1.29, 1.82) is 0 Å². The zero-order valence-corrected chi connectivity index (χ0v) is 13.7. The summed E-state index contributed by atoms with van der Waals surface area (Å²) >= 11 is 0. The summed E-state index contributed by atoms with van der Waals surface area (Å²) < 4.78 is 5.02. The summed E-state index contributed by atoms with van der Waals surface area (Å²) in [5.41, 5.74) is 1.03. The van der Waals surface area contributed by atoms with E-state index in [0.717, 1.165) is 45.1 Å². The molecule has 0 spiro atoms. The Hall–Kier alpha value is -1.58. The highest BCUT2D eigenvalue weighted by Crippen LogP contribution is 2.07. The van der Waals surface area contributed by atoms with Crippen molar-refractivity contribution in [2.75, 3.05) is 20.2 Å². The Morgan fingerprint density at radius 1 is 0.905 bits per heavy atom. The molecule has 4 heteroatoms. The van der Waals surface area contributed by atoms with E-state index >= 15 is 0 Å². The minimum absolute atomic E-state index is 0.0225. The number of ether oxygens (including phenoxy) is 1. The smallest absolute Gasteiger partial charge is 0.333 e. The molecular formula is C17H29NO3. The molecule has 0 saturated carbocycles. The van der Waals surface area contributed by atoms with Gasteiger partial charge in [-0.05, 0) is 26.7 Å². The molecule has 0 aromatic carbocycles. The minimum atomic E-state index is -0.305. The molecule has 0 heterocycles. The molecular weight excluding hydrogens is 266 g/mol. The summed E-state index contributed by atoms with van der Waals surface area (Å²) in [6.07, 6.45) is 6.35. The maximum absolute atomic E-state index is 11.6. The Labute approximate surface area is 128 Å². The van der Waals surface area contributed by atoms with Crippen molar-refractivity contribution in [2.24, 2.45) is 0 Å². The van der Waals surface area contributed by atoms with Crippen LogP contribution in [0.15, 0.2) is 24.3 Å². The first kappa shape index (κ1) is 19.4. The number of unbranched alkanes of at least 4 members (excludes halogenated alkanes) is 5. The van der Waals surface area contributed by atoms with Crippen LogP contribution in [0.3, 0.4) is 0 Å². The molecule has 0 rings (SSSR count). The molecule has 0 unspecified atom stereocenters. The first-order valence-corrected chi connectivity index (χ1v) is 7.60. The molecule has 0 radical (unpaired) electrons.